The largest absolute Gasteiger partial charge is 0.480 e. The fraction of sp³-hybridized carbons (Fsp3) is 0.348. The van der Waals surface area contributed by atoms with E-state index in [0.29, 0.717) is 0 Å². The molecule has 1 unspecified atom stereocenters. The highest BCUT2D eigenvalue weighted by Crippen LogP contribution is 2.57. The molecule has 0 amide bonds. The van der Waals surface area contributed by atoms with E-state index in [1.54, 1.807) is 11.3 Å². The number of carbonyl (C=O) groups is 1. The standard InChI is InChI=1S/C23H26O2S/c1-5-17-18(16-11-8-7-9-12-16)15-22(3,4)23(21(24)25,19(17)6-2)20-13-10-14-26-20/h7-15H,5-6H2,1-4H3,(H,24,25). The molecule has 0 bridgehead atoms. The zero-order valence-electron chi connectivity index (χ0n) is 15.9. The lowest BCUT2D eigenvalue weighted by Gasteiger charge is -2.47. The van der Waals surface area contributed by atoms with Crippen LogP contribution in [0.25, 0.3) is 5.57 Å². The van der Waals surface area contributed by atoms with Gasteiger partial charge in [0.1, 0.15) is 5.41 Å². The van der Waals surface area contributed by atoms with Crippen LogP contribution in [0.4, 0.5) is 0 Å². The Morgan fingerprint density at radius 3 is 2.23 bits per heavy atom. The van der Waals surface area contributed by atoms with Crippen LogP contribution in [0.1, 0.15) is 51.0 Å². The number of rotatable bonds is 5. The number of carboxylic acids is 1. The van der Waals surface area contributed by atoms with Crippen molar-refractivity contribution in [2.45, 2.75) is 46.0 Å². The van der Waals surface area contributed by atoms with Crippen molar-refractivity contribution >= 4 is 22.9 Å². The van der Waals surface area contributed by atoms with Gasteiger partial charge < -0.3 is 5.11 Å². The number of carboxylic acid groups (broad SMARTS) is 1. The second-order valence-electron chi connectivity index (χ2n) is 7.34. The maximum atomic E-state index is 12.8. The molecule has 1 aromatic heterocycles. The van der Waals surface area contributed by atoms with Crippen LogP contribution in [0, 0.1) is 5.41 Å². The van der Waals surface area contributed by atoms with Crippen LogP contribution in [-0.4, -0.2) is 11.1 Å². The molecule has 2 aromatic rings. The highest BCUT2D eigenvalue weighted by atomic mass is 32.1. The molecule has 0 saturated carbocycles. The minimum absolute atomic E-state index is 0.543. The highest BCUT2D eigenvalue weighted by Gasteiger charge is 2.57. The summed E-state index contributed by atoms with van der Waals surface area (Å²) in [5.74, 6) is -0.754. The van der Waals surface area contributed by atoms with Gasteiger partial charge in [-0.1, -0.05) is 70.2 Å². The molecular weight excluding hydrogens is 340 g/mol. The molecule has 1 atom stereocenters. The molecule has 3 rings (SSSR count). The molecule has 0 radical (unpaired) electrons. The molecule has 2 nitrogen and oxygen atoms in total. The molecule has 136 valence electrons. The van der Waals surface area contributed by atoms with Gasteiger partial charge in [0, 0.05) is 10.3 Å². The molecule has 0 aliphatic heterocycles. The predicted molar refractivity (Wildman–Crippen MR) is 109 cm³/mol. The molecule has 1 N–H and O–H groups in total. The lowest BCUT2D eigenvalue weighted by molar-refractivity contribution is -0.145. The fourth-order valence-corrected chi connectivity index (χ4v) is 5.67. The van der Waals surface area contributed by atoms with Gasteiger partial charge in [-0.3, -0.25) is 4.79 Å². The van der Waals surface area contributed by atoms with E-state index in [9.17, 15) is 9.90 Å². The first-order chi connectivity index (χ1) is 12.4. The maximum Gasteiger partial charge on any atom is 0.320 e. The van der Waals surface area contributed by atoms with E-state index in [2.05, 4.69) is 45.9 Å². The first-order valence-corrected chi connectivity index (χ1v) is 10.1. The number of hydrogen-bond acceptors (Lipinski definition) is 2. The van der Waals surface area contributed by atoms with Gasteiger partial charge in [-0.15, -0.1) is 11.3 Å². The van der Waals surface area contributed by atoms with Crippen LogP contribution in [-0.2, 0) is 10.2 Å². The summed E-state index contributed by atoms with van der Waals surface area (Å²) in [5.41, 5.74) is 3.00. The van der Waals surface area contributed by atoms with E-state index in [1.807, 2.05) is 35.7 Å². The lowest BCUT2D eigenvalue weighted by atomic mass is 9.54. The summed E-state index contributed by atoms with van der Waals surface area (Å²) in [6.07, 6.45) is 3.73. The second-order valence-corrected chi connectivity index (χ2v) is 8.29. The lowest BCUT2D eigenvalue weighted by Crippen LogP contribution is -2.51. The van der Waals surface area contributed by atoms with Crippen molar-refractivity contribution in [2.75, 3.05) is 0 Å². The normalized spacial score (nSPS) is 22.2. The van der Waals surface area contributed by atoms with Gasteiger partial charge in [-0.25, -0.2) is 0 Å². The molecule has 1 aromatic carbocycles. The van der Waals surface area contributed by atoms with Crippen LogP contribution >= 0.6 is 11.3 Å². The number of thiophene rings is 1. The summed E-state index contributed by atoms with van der Waals surface area (Å²) < 4.78 is 0. The van der Waals surface area contributed by atoms with E-state index in [1.165, 1.54) is 11.1 Å². The van der Waals surface area contributed by atoms with E-state index in [0.717, 1.165) is 28.9 Å². The minimum atomic E-state index is -1.01. The first kappa shape index (κ1) is 18.7. The van der Waals surface area contributed by atoms with Crippen molar-refractivity contribution in [3.05, 3.63) is 75.5 Å². The van der Waals surface area contributed by atoms with E-state index in [-0.39, 0.29) is 0 Å². The van der Waals surface area contributed by atoms with Crippen molar-refractivity contribution in [3.63, 3.8) is 0 Å². The Hall–Kier alpha value is -2.13. The van der Waals surface area contributed by atoms with Gasteiger partial charge in [0.05, 0.1) is 0 Å². The van der Waals surface area contributed by atoms with Crippen LogP contribution < -0.4 is 0 Å². The van der Waals surface area contributed by atoms with E-state index >= 15 is 0 Å². The molecule has 1 aliphatic rings. The topological polar surface area (TPSA) is 37.3 Å². The second kappa shape index (κ2) is 6.88. The van der Waals surface area contributed by atoms with Crippen molar-refractivity contribution < 1.29 is 9.90 Å². The van der Waals surface area contributed by atoms with Crippen molar-refractivity contribution in [1.29, 1.82) is 0 Å². The van der Waals surface area contributed by atoms with Gasteiger partial charge in [0.25, 0.3) is 0 Å². The molecule has 0 spiro atoms. The molecule has 0 fully saturated rings. The van der Waals surface area contributed by atoms with Crippen LogP contribution in [0.5, 0.6) is 0 Å². The molecule has 26 heavy (non-hydrogen) atoms. The Bertz CT molecular complexity index is 857. The number of aliphatic carboxylic acids is 1. The molecule has 3 heteroatoms. The summed E-state index contributed by atoms with van der Waals surface area (Å²) in [7, 11) is 0. The average Bonchev–Trinajstić information content (AvgIpc) is 3.15. The summed E-state index contributed by atoms with van der Waals surface area (Å²) in [6.45, 7) is 8.33. The van der Waals surface area contributed by atoms with Crippen molar-refractivity contribution in [3.8, 4) is 0 Å². The van der Waals surface area contributed by atoms with Crippen LogP contribution in [0.3, 0.4) is 0 Å². The monoisotopic (exact) mass is 366 g/mol. The Balaban J connectivity index is 2.37. The van der Waals surface area contributed by atoms with Crippen molar-refractivity contribution in [1.82, 2.24) is 0 Å². The highest BCUT2D eigenvalue weighted by molar-refractivity contribution is 7.10. The SMILES string of the molecule is CCC1=C(CC)C(C(=O)O)(c2cccs2)C(C)(C)C=C1c1ccccc1. The number of hydrogen-bond donors (Lipinski definition) is 1. The summed E-state index contributed by atoms with van der Waals surface area (Å²) >= 11 is 1.54. The zero-order valence-corrected chi connectivity index (χ0v) is 16.7. The average molecular weight is 367 g/mol. The predicted octanol–water partition coefficient (Wildman–Crippen LogP) is 6.31. The third-order valence-electron chi connectivity index (χ3n) is 5.62. The zero-order chi connectivity index (χ0) is 18.9. The molecular formula is C23H26O2S. The Labute approximate surface area is 159 Å². The van der Waals surface area contributed by atoms with E-state index < -0.39 is 16.8 Å². The maximum absolute atomic E-state index is 12.8. The molecule has 0 saturated heterocycles. The number of allylic oxidation sites excluding steroid dienone is 3. The summed E-state index contributed by atoms with van der Waals surface area (Å²) in [6, 6.07) is 14.3. The smallest absolute Gasteiger partial charge is 0.320 e. The van der Waals surface area contributed by atoms with Crippen LogP contribution in [0.15, 0.2) is 65.1 Å². The minimum Gasteiger partial charge on any atom is -0.480 e. The Morgan fingerprint density at radius 2 is 1.73 bits per heavy atom. The third-order valence-corrected chi connectivity index (χ3v) is 6.61. The Morgan fingerprint density at radius 1 is 1.04 bits per heavy atom. The first-order valence-electron chi connectivity index (χ1n) is 9.18. The molecule has 1 aliphatic carbocycles. The van der Waals surface area contributed by atoms with Gasteiger partial charge in [0.15, 0.2) is 0 Å². The van der Waals surface area contributed by atoms with Gasteiger partial charge in [-0.05, 0) is 46.6 Å². The van der Waals surface area contributed by atoms with Gasteiger partial charge in [0.2, 0.25) is 0 Å². The summed E-state index contributed by atoms with van der Waals surface area (Å²) in [4.78, 5) is 13.7. The number of benzene rings is 1. The third kappa shape index (κ3) is 2.57. The molecule has 1 heterocycles. The van der Waals surface area contributed by atoms with Gasteiger partial charge in [-0.2, -0.15) is 0 Å². The van der Waals surface area contributed by atoms with E-state index in [4.69, 9.17) is 0 Å². The fourth-order valence-electron chi connectivity index (χ4n) is 4.56. The quantitative estimate of drug-likeness (QED) is 0.673. The van der Waals surface area contributed by atoms with Crippen LogP contribution in [0.2, 0.25) is 0 Å². The van der Waals surface area contributed by atoms with Crippen molar-refractivity contribution in [2.24, 2.45) is 5.41 Å². The van der Waals surface area contributed by atoms with Gasteiger partial charge >= 0.3 is 5.97 Å². The Kier molecular flexibility index (Phi) is 4.94. The summed E-state index contributed by atoms with van der Waals surface area (Å²) in [5, 5.41) is 12.5.